The Bertz CT molecular complexity index is 538. The van der Waals surface area contributed by atoms with E-state index in [0.717, 1.165) is 12.0 Å². The van der Waals surface area contributed by atoms with E-state index in [9.17, 15) is 14.9 Å². The molecule has 114 valence electrons. The number of hydrogen-bond donors (Lipinski definition) is 1. The smallest absolute Gasteiger partial charge is 0.269 e. The van der Waals surface area contributed by atoms with Gasteiger partial charge in [-0.05, 0) is 18.2 Å². The van der Waals surface area contributed by atoms with Gasteiger partial charge in [-0.2, -0.15) is 11.8 Å². The van der Waals surface area contributed by atoms with E-state index in [1.54, 1.807) is 22.7 Å². The zero-order chi connectivity index (χ0) is 15.4. The van der Waals surface area contributed by atoms with Gasteiger partial charge in [0.15, 0.2) is 0 Å². The maximum absolute atomic E-state index is 12.0. The predicted octanol–water partition coefficient (Wildman–Crippen LogP) is 2.17. The van der Waals surface area contributed by atoms with Crippen LogP contribution in [-0.2, 0) is 4.79 Å². The minimum absolute atomic E-state index is 0.0415. The Morgan fingerprint density at radius 1 is 1.57 bits per heavy atom. The molecule has 0 aliphatic carbocycles. The molecule has 2 atom stereocenters. The number of benzene rings is 1. The summed E-state index contributed by atoms with van der Waals surface area (Å²) in [6, 6.07) is 6.45. The fraction of sp³-hybridized carbons (Fsp3) is 0.500. The number of amides is 1. The van der Waals surface area contributed by atoms with Crippen LogP contribution < -0.4 is 5.32 Å². The zero-order valence-corrected chi connectivity index (χ0v) is 12.9. The van der Waals surface area contributed by atoms with Crippen LogP contribution in [-0.4, -0.2) is 40.3 Å². The largest absolute Gasteiger partial charge is 0.322 e. The highest BCUT2D eigenvalue weighted by Crippen LogP contribution is 2.26. The van der Waals surface area contributed by atoms with E-state index in [4.69, 9.17) is 0 Å². The fourth-order valence-corrected chi connectivity index (χ4v) is 2.68. The molecule has 21 heavy (non-hydrogen) atoms. The van der Waals surface area contributed by atoms with Crippen LogP contribution in [0.1, 0.15) is 25.1 Å². The van der Waals surface area contributed by atoms with Crippen LogP contribution in [0.25, 0.3) is 0 Å². The molecule has 1 fully saturated rings. The first kappa shape index (κ1) is 15.8. The Morgan fingerprint density at radius 2 is 2.33 bits per heavy atom. The minimum atomic E-state index is -0.416. The van der Waals surface area contributed by atoms with Crippen LogP contribution in [0.3, 0.4) is 0 Å². The van der Waals surface area contributed by atoms with Gasteiger partial charge < -0.3 is 4.90 Å². The Labute approximate surface area is 128 Å². The number of nitrogens with zero attached hydrogens (tertiary/aromatic N) is 2. The Balaban J connectivity index is 2.15. The summed E-state index contributed by atoms with van der Waals surface area (Å²) >= 11 is 1.77. The lowest BCUT2D eigenvalue weighted by molar-refractivity contribution is -0.385. The van der Waals surface area contributed by atoms with E-state index in [2.05, 4.69) is 12.2 Å². The number of carbonyl (C=O) groups is 1. The zero-order valence-electron chi connectivity index (χ0n) is 12.1. The highest BCUT2D eigenvalue weighted by atomic mass is 32.2. The van der Waals surface area contributed by atoms with Gasteiger partial charge >= 0.3 is 0 Å². The molecule has 2 unspecified atom stereocenters. The van der Waals surface area contributed by atoms with Crippen molar-refractivity contribution in [2.75, 3.05) is 19.3 Å². The van der Waals surface area contributed by atoms with Crippen molar-refractivity contribution in [3.63, 3.8) is 0 Å². The summed E-state index contributed by atoms with van der Waals surface area (Å²) in [6.45, 7) is 3.06. The van der Waals surface area contributed by atoms with E-state index in [-0.39, 0.29) is 24.3 Å². The SMILES string of the molecule is CSC(C)CCN1C(=O)CNC1c1cccc([N+](=O)[O-])c1. The van der Waals surface area contributed by atoms with E-state index >= 15 is 0 Å². The molecular weight excluding hydrogens is 290 g/mol. The van der Waals surface area contributed by atoms with E-state index in [1.165, 1.54) is 12.1 Å². The van der Waals surface area contributed by atoms with Gasteiger partial charge in [0, 0.05) is 23.9 Å². The Kier molecular flexibility index (Phi) is 5.19. The predicted molar refractivity (Wildman–Crippen MR) is 83.1 cm³/mol. The molecule has 7 heteroatoms. The van der Waals surface area contributed by atoms with Gasteiger partial charge in [-0.25, -0.2) is 0 Å². The highest BCUT2D eigenvalue weighted by Gasteiger charge is 2.32. The second-order valence-electron chi connectivity index (χ2n) is 5.06. The standard InChI is InChI=1S/C14H19N3O3S/c1-10(21-2)6-7-16-13(18)9-15-14(16)11-4-3-5-12(8-11)17(19)20/h3-5,8,10,14-15H,6-7,9H2,1-2H3. The second kappa shape index (κ2) is 6.91. The van der Waals surface area contributed by atoms with Gasteiger partial charge in [0.1, 0.15) is 6.17 Å². The lowest BCUT2D eigenvalue weighted by Gasteiger charge is -2.25. The van der Waals surface area contributed by atoms with Crippen molar-refractivity contribution in [3.8, 4) is 0 Å². The number of nitro benzene ring substituents is 1. The molecule has 1 aromatic carbocycles. The lowest BCUT2D eigenvalue weighted by atomic mass is 10.1. The first-order chi connectivity index (χ1) is 10.0. The molecular formula is C14H19N3O3S. The summed E-state index contributed by atoms with van der Waals surface area (Å²) in [7, 11) is 0. The van der Waals surface area contributed by atoms with E-state index in [0.29, 0.717) is 11.8 Å². The fourth-order valence-electron chi connectivity index (χ4n) is 2.34. The Morgan fingerprint density at radius 3 is 3.00 bits per heavy atom. The van der Waals surface area contributed by atoms with Crippen molar-refractivity contribution in [1.82, 2.24) is 10.2 Å². The van der Waals surface area contributed by atoms with E-state index < -0.39 is 4.92 Å². The molecule has 1 N–H and O–H groups in total. The van der Waals surface area contributed by atoms with Crippen LogP contribution in [0.4, 0.5) is 5.69 Å². The molecule has 1 amide bonds. The van der Waals surface area contributed by atoms with Gasteiger partial charge in [0.05, 0.1) is 11.5 Å². The van der Waals surface area contributed by atoms with Crippen molar-refractivity contribution in [2.45, 2.75) is 24.8 Å². The monoisotopic (exact) mass is 309 g/mol. The second-order valence-corrected chi connectivity index (χ2v) is 6.33. The van der Waals surface area contributed by atoms with Crippen LogP contribution in [0.2, 0.25) is 0 Å². The van der Waals surface area contributed by atoms with Gasteiger partial charge in [-0.1, -0.05) is 19.1 Å². The molecule has 1 aromatic rings. The number of non-ortho nitro benzene ring substituents is 1. The molecule has 1 aliphatic rings. The molecule has 6 nitrogen and oxygen atoms in total. The van der Waals surface area contributed by atoms with Crippen molar-refractivity contribution in [1.29, 1.82) is 0 Å². The van der Waals surface area contributed by atoms with Crippen LogP contribution >= 0.6 is 11.8 Å². The first-order valence-corrected chi connectivity index (χ1v) is 8.11. The van der Waals surface area contributed by atoms with Crippen LogP contribution in [0.15, 0.2) is 24.3 Å². The van der Waals surface area contributed by atoms with Gasteiger partial charge in [0.2, 0.25) is 5.91 Å². The van der Waals surface area contributed by atoms with Crippen LogP contribution in [0, 0.1) is 10.1 Å². The summed E-state index contributed by atoms with van der Waals surface area (Å²) < 4.78 is 0. The third-order valence-corrected chi connectivity index (χ3v) is 4.69. The molecule has 2 rings (SSSR count). The minimum Gasteiger partial charge on any atom is -0.322 e. The van der Waals surface area contributed by atoms with Crippen molar-refractivity contribution in [3.05, 3.63) is 39.9 Å². The maximum Gasteiger partial charge on any atom is 0.269 e. The molecule has 0 spiro atoms. The quantitative estimate of drug-likeness (QED) is 0.644. The first-order valence-electron chi connectivity index (χ1n) is 6.83. The van der Waals surface area contributed by atoms with Crippen molar-refractivity contribution in [2.24, 2.45) is 0 Å². The maximum atomic E-state index is 12.0. The Hall–Kier alpha value is -1.60. The van der Waals surface area contributed by atoms with Gasteiger partial charge in [-0.15, -0.1) is 0 Å². The number of hydrogen-bond acceptors (Lipinski definition) is 5. The summed E-state index contributed by atoms with van der Waals surface area (Å²) in [5, 5.41) is 14.5. The number of rotatable bonds is 6. The number of nitrogens with one attached hydrogen (secondary N) is 1. The number of thioether (sulfide) groups is 1. The summed E-state index contributed by atoms with van der Waals surface area (Å²) in [5.74, 6) is 0.0415. The molecule has 0 bridgehead atoms. The van der Waals surface area contributed by atoms with Crippen molar-refractivity contribution < 1.29 is 9.72 Å². The summed E-state index contributed by atoms with van der Waals surface area (Å²) in [4.78, 5) is 24.2. The van der Waals surface area contributed by atoms with Crippen molar-refractivity contribution >= 4 is 23.4 Å². The summed E-state index contributed by atoms with van der Waals surface area (Å²) in [6.07, 6.45) is 2.68. The van der Waals surface area contributed by atoms with Gasteiger partial charge in [-0.3, -0.25) is 20.2 Å². The average molecular weight is 309 g/mol. The summed E-state index contributed by atoms with van der Waals surface area (Å²) in [5.41, 5.74) is 0.804. The number of carbonyl (C=O) groups excluding carboxylic acids is 1. The molecule has 1 aliphatic heterocycles. The molecule has 0 aromatic heterocycles. The van der Waals surface area contributed by atoms with Gasteiger partial charge in [0.25, 0.3) is 5.69 Å². The van der Waals surface area contributed by atoms with E-state index in [1.807, 2.05) is 12.3 Å². The normalized spacial score (nSPS) is 19.8. The molecule has 1 saturated heterocycles. The topological polar surface area (TPSA) is 75.5 Å². The molecule has 0 saturated carbocycles. The average Bonchev–Trinajstić information content (AvgIpc) is 2.85. The number of nitro groups is 1. The molecule has 0 radical (unpaired) electrons. The third kappa shape index (κ3) is 3.74. The third-order valence-electron chi connectivity index (χ3n) is 3.65. The molecule has 1 heterocycles. The lowest BCUT2D eigenvalue weighted by Crippen LogP contribution is -2.32. The highest BCUT2D eigenvalue weighted by molar-refractivity contribution is 7.99. The van der Waals surface area contributed by atoms with Crippen LogP contribution in [0.5, 0.6) is 0 Å².